The Morgan fingerprint density at radius 3 is 2.16 bits per heavy atom. The number of hydrogen-bond acceptors (Lipinski definition) is 5. The third-order valence-corrected chi connectivity index (χ3v) is 1.85. The molecule has 104 valence electrons. The number of ether oxygens (including phenoxy) is 1. The largest absolute Gasteiger partial charge is 0.461 e. The predicted octanol–water partition coefficient (Wildman–Crippen LogP) is 2.74. The number of nitrogens with zero attached hydrogens (tertiary/aromatic N) is 2. The van der Waals surface area contributed by atoms with Crippen molar-refractivity contribution < 1.29 is 32.1 Å². The molecule has 0 saturated heterocycles. The summed E-state index contributed by atoms with van der Waals surface area (Å²) in [5.74, 6) is -1.19. The van der Waals surface area contributed by atoms with Crippen LogP contribution in [0.5, 0.6) is 5.75 Å². The molecule has 1 aromatic rings. The quantitative estimate of drug-likeness (QED) is 0.470. The molecule has 0 saturated carbocycles. The van der Waals surface area contributed by atoms with Crippen LogP contribution in [0.25, 0.3) is 0 Å². The second-order valence-corrected chi connectivity index (χ2v) is 3.13. The summed E-state index contributed by atoms with van der Waals surface area (Å²) in [7, 11) is 0. The minimum Gasteiger partial charge on any atom is -0.421 e. The zero-order valence-corrected chi connectivity index (χ0v) is 8.76. The predicted molar refractivity (Wildman–Crippen MR) is 51.3 cm³/mol. The number of non-ortho nitro benzene ring substituents is 1. The van der Waals surface area contributed by atoms with Gasteiger partial charge in [0, 0.05) is 6.07 Å². The summed E-state index contributed by atoms with van der Waals surface area (Å²) in [4.78, 5) is 18.6. The normalized spacial score (nSPS) is 11.4. The lowest BCUT2D eigenvalue weighted by Gasteiger charge is -2.16. The van der Waals surface area contributed by atoms with E-state index < -0.39 is 39.5 Å². The monoisotopic (exact) mass is 284 g/mol. The van der Waals surface area contributed by atoms with E-state index in [9.17, 15) is 37.8 Å². The molecular formula is C8H4F4N2O5. The summed E-state index contributed by atoms with van der Waals surface area (Å²) in [5, 5.41) is 20.9. The first-order valence-electron chi connectivity index (χ1n) is 4.43. The molecule has 0 aliphatic heterocycles. The van der Waals surface area contributed by atoms with Crippen LogP contribution >= 0.6 is 0 Å². The van der Waals surface area contributed by atoms with Crippen LogP contribution in [-0.2, 0) is 0 Å². The van der Waals surface area contributed by atoms with E-state index in [-0.39, 0.29) is 0 Å². The molecule has 19 heavy (non-hydrogen) atoms. The van der Waals surface area contributed by atoms with Crippen LogP contribution in [-0.4, -0.2) is 22.4 Å². The van der Waals surface area contributed by atoms with E-state index in [0.717, 1.165) is 0 Å². The average molecular weight is 284 g/mol. The van der Waals surface area contributed by atoms with Crippen LogP contribution in [0.4, 0.5) is 28.9 Å². The highest BCUT2D eigenvalue weighted by Crippen LogP contribution is 2.36. The lowest BCUT2D eigenvalue weighted by atomic mass is 10.2. The highest BCUT2D eigenvalue weighted by molar-refractivity contribution is 5.53. The lowest BCUT2D eigenvalue weighted by Crippen LogP contribution is -2.33. The average Bonchev–Trinajstić information content (AvgIpc) is 2.28. The Kier molecular flexibility index (Phi) is 3.87. The summed E-state index contributed by atoms with van der Waals surface area (Å²) in [6.45, 7) is 0. The zero-order chi connectivity index (χ0) is 14.8. The van der Waals surface area contributed by atoms with Crippen LogP contribution in [0.3, 0.4) is 0 Å². The number of nitro groups is 2. The molecule has 0 aromatic heterocycles. The van der Waals surface area contributed by atoms with Crippen molar-refractivity contribution in [1.82, 2.24) is 0 Å². The number of rotatable bonds is 5. The molecule has 0 heterocycles. The fourth-order valence-electron chi connectivity index (χ4n) is 1.04. The van der Waals surface area contributed by atoms with Gasteiger partial charge < -0.3 is 4.74 Å². The third kappa shape index (κ3) is 3.26. The highest BCUT2D eigenvalue weighted by Gasteiger charge is 2.45. The van der Waals surface area contributed by atoms with Gasteiger partial charge in [-0.2, -0.15) is 17.6 Å². The molecule has 0 fully saturated rings. The smallest absolute Gasteiger partial charge is 0.421 e. The van der Waals surface area contributed by atoms with Crippen molar-refractivity contribution in [3.8, 4) is 5.75 Å². The van der Waals surface area contributed by atoms with Gasteiger partial charge in [-0.25, -0.2) is 0 Å². The van der Waals surface area contributed by atoms with Crippen molar-refractivity contribution in [3.63, 3.8) is 0 Å². The lowest BCUT2D eigenvalue weighted by molar-refractivity contribution is -0.396. The molecule has 0 amide bonds. The van der Waals surface area contributed by atoms with E-state index in [0.29, 0.717) is 18.2 Å². The second kappa shape index (κ2) is 5.04. The molecule has 0 N–H and O–H groups in total. The Morgan fingerprint density at radius 1 is 1.16 bits per heavy atom. The summed E-state index contributed by atoms with van der Waals surface area (Å²) >= 11 is 0. The molecule has 0 bridgehead atoms. The maximum Gasteiger partial charge on any atom is 0.461 e. The fourth-order valence-corrected chi connectivity index (χ4v) is 1.04. The van der Waals surface area contributed by atoms with Gasteiger partial charge in [0.25, 0.3) is 5.69 Å². The zero-order valence-electron chi connectivity index (χ0n) is 8.76. The molecule has 0 unspecified atom stereocenters. The van der Waals surface area contributed by atoms with E-state index in [2.05, 4.69) is 4.74 Å². The number of nitro benzene ring substituents is 2. The van der Waals surface area contributed by atoms with E-state index >= 15 is 0 Å². The number of hydrogen-bond donors (Lipinski definition) is 0. The van der Waals surface area contributed by atoms with Crippen LogP contribution in [0.15, 0.2) is 18.2 Å². The molecule has 0 spiro atoms. The Labute approximate surface area is 101 Å². The molecule has 1 aromatic carbocycles. The summed E-state index contributed by atoms with van der Waals surface area (Å²) < 4.78 is 52.5. The molecule has 0 radical (unpaired) electrons. The first kappa shape index (κ1) is 14.6. The molecular weight excluding hydrogens is 280 g/mol. The maximum absolute atomic E-state index is 12.6. The molecule has 0 aliphatic carbocycles. The van der Waals surface area contributed by atoms with Gasteiger partial charge in [-0.1, -0.05) is 0 Å². The highest BCUT2D eigenvalue weighted by atomic mass is 19.3. The first-order chi connectivity index (χ1) is 8.65. The van der Waals surface area contributed by atoms with Crippen molar-refractivity contribution in [2.24, 2.45) is 0 Å². The standard InChI is InChI=1S/C8H4F4N2O5/c9-7(10)8(11,12)19-6-2-1-4(13(15)16)3-5(6)14(17)18/h1-3,7H. The van der Waals surface area contributed by atoms with Crippen molar-refractivity contribution in [3.05, 3.63) is 38.4 Å². The molecule has 0 aliphatic rings. The Morgan fingerprint density at radius 2 is 1.74 bits per heavy atom. The van der Waals surface area contributed by atoms with Gasteiger partial charge in [-0.05, 0) is 6.07 Å². The summed E-state index contributed by atoms with van der Waals surface area (Å²) in [6.07, 6.45) is -9.15. The molecule has 1 rings (SSSR count). The van der Waals surface area contributed by atoms with Crippen molar-refractivity contribution in [2.45, 2.75) is 12.5 Å². The summed E-state index contributed by atoms with van der Waals surface area (Å²) in [5.41, 5.74) is -1.98. The van der Waals surface area contributed by atoms with Crippen LogP contribution in [0, 0.1) is 20.2 Å². The van der Waals surface area contributed by atoms with Gasteiger partial charge in [-0.3, -0.25) is 20.2 Å². The van der Waals surface area contributed by atoms with Crippen molar-refractivity contribution >= 4 is 11.4 Å². The Balaban J connectivity index is 3.21. The van der Waals surface area contributed by atoms with Crippen molar-refractivity contribution in [2.75, 3.05) is 0 Å². The van der Waals surface area contributed by atoms with Gasteiger partial charge in [0.15, 0.2) is 0 Å². The minimum absolute atomic E-state index is 0.330. The topological polar surface area (TPSA) is 95.5 Å². The number of alkyl halides is 4. The second-order valence-electron chi connectivity index (χ2n) is 3.13. The molecule has 7 nitrogen and oxygen atoms in total. The number of benzene rings is 1. The van der Waals surface area contributed by atoms with E-state index in [1.807, 2.05) is 0 Å². The Hall–Kier alpha value is -2.46. The van der Waals surface area contributed by atoms with E-state index in [1.165, 1.54) is 0 Å². The van der Waals surface area contributed by atoms with E-state index in [1.54, 1.807) is 0 Å². The van der Waals surface area contributed by atoms with Crippen LogP contribution in [0.2, 0.25) is 0 Å². The molecule has 11 heteroatoms. The van der Waals surface area contributed by atoms with Crippen LogP contribution in [0.1, 0.15) is 0 Å². The van der Waals surface area contributed by atoms with Gasteiger partial charge in [0.2, 0.25) is 5.75 Å². The SMILES string of the molecule is O=[N+]([O-])c1ccc(OC(F)(F)C(F)F)c([N+](=O)[O-])c1. The maximum atomic E-state index is 12.6. The fraction of sp³-hybridized carbons (Fsp3) is 0.250. The Bertz CT molecular complexity index is 522. The minimum atomic E-state index is -4.94. The van der Waals surface area contributed by atoms with Gasteiger partial charge in [0.05, 0.1) is 15.9 Å². The number of halogens is 4. The van der Waals surface area contributed by atoms with Crippen molar-refractivity contribution in [1.29, 1.82) is 0 Å². The van der Waals surface area contributed by atoms with Gasteiger partial charge in [0.1, 0.15) is 0 Å². The molecule has 0 atom stereocenters. The van der Waals surface area contributed by atoms with E-state index in [4.69, 9.17) is 0 Å². The van der Waals surface area contributed by atoms with Gasteiger partial charge >= 0.3 is 18.2 Å². The van der Waals surface area contributed by atoms with Gasteiger partial charge in [-0.15, -0.1) is 0 Å². The third-order valence-electron chi connectivity index (χ3n) is 1.85. The first-order valence-corrected chi connectivity index (χ1v) is 4.43. The van der Waals surface area contributed by atoms with Crippen LogP contribution < -0.4 is 4.74 Å². The summed E-state index contributed by atoms with van der Waals surface area (Å²) in [6, 6.07) is 1.40.